The molecule has 44 valence electrons. The zero-order valence-electron chi connectivity index (χ0n) is 4.09. The number of carbonyl (C=O) groups excluding carboxylic acids is 1. The van der Waals surface area contributed by atoms with Gasteiger partial charge in [-0.25, -0.2) is 0 Å². The van der Waals surface area contributed by atoms with Crippen molar-refractivity contribution >= 4 is 17.7 Å². The van der Waals surface area contributed by atoms with E-state index in [1.165, 1.54) is 0 Å². The molecule has 0 saturated heterocycles. The van der Waals surface area contributed by atoms with Crippen LogP contribution in [0.15, 0.2) is 0 Å². The molecule has 0 aromatic carbocycles. The van der Waals surface area contributed by atoms with Crippen LogP contribution in [0.1, 0.15) is 0 Å². The maximum Gasteiger partial charge on any atom is 0.0811 e. The minimum absolute atomic E-state index is 0.0897. The third-order valence-corrected chi connectivity index (χ3v) is 1.16. The molecule has 0 unspecified atom stereocenters. The van der Waals surface area contributed by atoms with E-state index in [0.717, 1.165) is 11.8 Å². The molecule has 0 N–H and O–H groups in total. The van der Waals surface area contributed by atoms with Gasteiger partial charge in [-0.3, -0.25) is 0 Å². The van der Waals surface area contributed by atoms with E-state index in [1.54, 1.807) is 6.07 Å². The van der Waals surface area contributed by atoms with Crippen LogP contribution in [0.4, 0.5) is 0 Å². The van der Waals surface area contributed by atoms with Crippen LogP contribution in [0, 0.1) is 11.3 Å². The Bertz CT molecular complexity index is 118. The van der Waals surface area contributed by atoms with Gasteiger partial charge in [-0.1, -0.05) is 0 Å². The third-order valence-electron chi connectivity index (χ3n) is 0.387. The van der Waals surface area contributed by atoms with Crippen molar-refractivity contribution in [3.63, 3.8) is 0 Å². The zero-order chi connectivity index (χ0) is 6.41. The van der Waals surface area contributed by atoms with Gasteiger partial charge in [-0.2, -0.15) is 5.26 Å². The number of hydrogen-bond acceptors (Lipinski definition) is 4. The van der Waals surface area contributed by atoms with E-state index in [9.17, 15) is 9.90 Å². The molecule has 0 saturated carbocycles. The fraction of sp³-hybridized carbons (Fsp3) is 0.500. The summed E-state index contributed by atoms with van der Waals surface area (Å²) in [5, 5.41) is 17.5. The summed E-state index contributed by atoms with van der Waals surface area (Å²) in [5.41, 5.74) is 0. The Kier molecular flexibility index (Phi) is 4.08. The molecule has 0 aliphatic rings. The zero-order valence-corrected chi connectivity index (χ0v) is 4.90. The van der Waals surface area contributed by atoms with E-state index < -0.39 is 5.97 Å². The fourth-order valence-corrected chi connectivity index (χ4v) is 0.540. The second-order valence-corrected chi connectivity index (χ2v) is 2.01. The topological polar surface area (TPSA) is 63.9 Å². The number of thioether (sulfide) groups is 1. The van der Waals surface area contributed by atoms with Crippen LogP contribution in [0.3, 0.4) is 0 Å². The van der Waals surface area contributed by atoms with E-state index in [1.807, 2.05) is 0 Å². The molecule has 0 aliphatic carbocycles. The molecule has 0 aromatic heterocycles. The molecule has 0 aliphatic heterocycles. The highest BCUT2D eigenvalue weighted by atomic mass is 32.2. The van der Waals surface area contributed by atoms with E-state index in [2.05, 4.69) is 0 Å². The SMILES string of the molecule is N#CCSCC(=O)[O-]. The minimum Gasteiger partial charge on any atom is -0.549 e. The van der Waals surface area contributed by atoms with Crippen LogP contribution >= 0.6 is 11.8 Å². The molecule has 0 spiro atoms. The third kappa shape index (κ3) is 5.31. The molecule has 4 heteroatoms. The molecular formula is C4H4NO2S-. The Morgan fingerprint density at radius 2 is 2.50 bits per heavy atom. The van der Waals surface area contributed by atoms with Crippen LogP contribution in [-0.2, 0) is 4.79 Å². The van der Waals surface area contributed by atoms with Crippen LogP contribution < -0.4 is 5.11 Å². The first-order valence-corrected chi connectivity index (χ1v) is 3.07. The molecule has 0 aromatic rings. The van der Waals surface area contributed by atoms with Crippen molar-refractivity contribution in [1.82, 2.24) is 0 Å². The van der Waals surface area contributed by atoms with E-state index >= 15 is 0 Å². The number of carboxylic acid groups (broad SMARTS) is 1. The summed E-state index contributed by atoms with van der Waals surface area (Å²) in [5.74, 6) is -0.994. The number of carbonyl (C=O) groups is 1. The van der Waals surface area contributed by atoms with Crippen LogP contribution in [0.2, 0.25) is 0 Å². The summed E-state index contributed by atoms with van der Waals surface area (Å²) in [6.45, 7) is 0. The van der Waals surface area contributed by atoms with Gasteiger partial charge in [-0.05, 0) is 0 Å². The number of carboxylic acids is 1. The summed E-state index contributed by atoms with van der Waals surface area (Å²) in [4.78, 5) is 9.63. The van der Waals surface area contributed by atoms with Crippen molar-refractivity contribution in [2.75, 3.05) is 11.5 Å². The largest absolute Gasteiger partial charge is 0.549 e. The van der Waals surface area contributed by atoms with Gasteiger partial charge in [0.1, 0.15) is 0 Å². The highest BCUT2D eigenvalue weighted by Gasteiger charge is 1.83. The van der Waals surface area contributed by atoms with E-state index in [0.29, 0.717) is 0 Å². The second kappa shape index (κ2) is 4.47. The van der Waals surface area contributed by atoms with Crippen molar-refractivity contribution in [3.8, 4) is 6.07 Å². The molecule has 0 atom stereocenters. The summed E-state index contributed by atoms with van der Waals surface area (Å²) in [6.07, 6.45) is 0. The summed E-state index contributed by atoms with van der Waals surface area (Å²) in [7, 11) is 0. The van der Waals surface area contributed by atoms with Gasteiger partial charge in [0.05, 0.1) is 17.8 Å². The molecule has 0 bridgehead atoms. The van der Waals surface area contributed by atoms with E-state index in [-0.39, 0.29) is 11.5 Å². The van der Waals surface area contributed by atoms with Gasteiger partial charge in [0.2, 0.25) is 0 Å². The summed E-state index contributed by atoms with van der Waals surface area (Å²) in [6, 6.07) is 1.79. The lowest BCUT2D eigenvalue weighted by Gasteiger charge is -1.94. The Hall–Kier alpha value is -0.690. The average Bonchev–Trinajstić information content (AvgIpc) is 1.66. The van der Waals surface area contributed by atoms with Crippen molar-refractivity contribution in [3.05, 3.63) is 0 Å². The highest BCUT2D eigenvalue weighted by molar-refractivity contribution is 8.00. The summed E-state index contributed by atoms with van der Waals surface area (Å²) < 4.78 is 0. The van der Waals surface area contributed by atoms with Crippen molar-refractivity contribution in [2.24, 2.45) is 0 Å². The Labute approximate surface area is 51.3 Å². The van der Waals surface area contributed by atoms with Crippen LogP contribution in [0.5, 0.6) is 0 Å². The molecule has 8 heavy (non-hydrogen) atoms. The van der Waals surface area contributed by atoms with Gasteiger partial charge < -0.3 is 9.90 Å². The quantitative estimate of drug-likeness (QED) is 0.459. The molecule has 0 heterocycles. The van der Waals surface area contributed by atoms with Crippen LogP contribution in [-0.4, -0.2) is 17.5 Å². The Morgan fingerprint density at radius 3 is 2.88 bits per heavy atom. The van der Waals surface area contributed by atoms with Crippen molar-refractivity contribution < 1.29 is 9.90 Å². The first kappa shape index (κ1) is 7.31. The maximum absolute atomic E-state index is 9.63. The number of rotatable bonds is 3. The molecule has 0 rings (SSSR count). The number of aliphatic carboxylic acids is 1. The van der Waals surface area contributed by atoms with Gasteiger partial charge >= 0.3 is 0 Å². The fourth-order valence-electron chi connectivity index (χ4n) is 0.180. The predicted octanol–water partition coefficient (Wildman–Crippen LogP) is -1.01. The lowest BCUT2D eigenvalue weighted by atomic mass is 10.8. The average molecular weight is 130 g/mol. The number of nitriles is 1. The lowest BCUT2D eigenvalue weighted by molar-refractivity contribution is -0.301. The van der Waals surface area contributed by atoms with Crippen molar-refractivity contribution in [1.29, 1.82) is 5.26 Å². The minimum atomic E-state index is -1.12. The normalized spacial score (nSPS) is 7.88. The lowest BCUT2D eigenvalue weighted by Crippen LogP contribution is -2.24. The monoisotopic (exact) mass is 130 g/mol. The van der Waals surface area contributed by atoms with Crippen molar-refractivity contribution in [2.45, 2.75) is 0 Å². The number of nitrogens with zero attached hydrogens (tertiary/aromatic N) is 1. The molecule has 0 radical (unpaired) electrons. The molecule has 3 nitrogen and oxygen atoms in total. The molecule has 0 amide bonds. The Morgan fingerprint density at radius 1 is 1.88 bits per heavy atom. The van der Waals surface area contributed by atoms with Gasteiger partial charge in [0.15, 0.2) is 0 Å². The Balaban J connectivity index is 2.97. The van der Waals surface area contributed by atoms with Crippen LogP contribution in [0.25, 0.3) is 0 Å². The standard InChI is InChI=1S/C4H5NO2S/c5-1-2-8-3-4(6)7/h2-3H2,(H,6,7)/p-1. The summed E-state index contributed by atoms with van der Waals surface area (Å²) >= 11 is 1.04. The predicted molar refractivity (Wildman–Crippen MR) is 27.9 cm³/mol. The second-order valence-electron chi connectivity index (χ2n) is 1.02. The number of hydrogen-bond donors (Lipinski definition) is 0. The van der Waals surface area contributed by atoms with Gasteiger partial charge in [0.25, 0.3) is 0 Å². The maximum atomic E-state index is 9.63. The first-order chi connectivity index (χ1) is 3.77. The highest BCUT2D eigenvalue weighted by Crippen LogP contribution is 1.94. The smallest absolute Gasteiger partial charge is 0.0811 e. The molecule has 0 fully saturated rings. The van der Waals surface area contributed by atoms with E-state index in [4.69, 9.17) is 5.26 Å². The first-order valence-electron chi connectivity index (χ1n) is 1.92. The van der Waals surface area contributed by atoms with Gasteiger partial charge in [-0.15, -0.1) is 11.8 Å². The van der Waals surface area contributed by atoms with Gasteiger partial charge in [0, 0.05) is 5.75 Å². The molecular weight excluding hydrogens is 126 g/mol.